The molecular formula is C25H22N4O3. The van der Waals surface area contributed by atoms with E-state index in [0.29, 0.717) is 12.2 Å². The van der Waals surface area contributed by atoms with Crippen LogP contribution in [0.1, 0.15) is 42.2 Å². The van der Waals surface area contributed by atoms with Crippen LogP contribution in [0.3, 0.4) is 0 Å². The van der Waals surface area contributed by atoms with Gasteiger partial charge in [-0.15, -0.1) is 5.92 Å². The largest absolute Gasteiger partial charge is 0.485 e. The maximum absolute atomic E-state index is 11.2. The third-order valence-electron chi connectivity index (χ3n) is 5.13. The molecule has 0 amide bonds. The third-order valence-corrected chi connectivity index (χ3v) is 5.13. The molecular weight excluding hydrogens is 404 g/mol. The number of hydrogen-bond donors (Lipinski definition) is 2. The molecule has 0 bridgehead atoms. The standard InChI is InChI=1S/C25H22N4O3/c1-2-3-18(13-25(30)31)17-6-8-22(9-7-17)32-24(14-21-10-11-26-16-27-21)19-4-5-20-15-28-29-23(20)12-19/h4-12,15-16,18,24H,13-14H2,1H3,(H,28,29)(H,30,31)/t18?,24-/m0/s1. The second kappa shape index (κ2) is 9.75. The highest BCUT2D eigenvalue weighted by Crippen LogP contribution is 2.29. The van der Waals surface area contributed by atoms with Crippen LogP contribution in [0, 0.1) is 11.8 Å². The van der Waals surface area contributed by atoms with Crippen molar-refractivity contribution in [1.82, 2.24) is 20.2 Å². The van der Waals surface area contributed by atoms with Crippen LogP contribution in [0.25, 0.3) is 10.9 Å². The fourth-order valence-corrected chi connectivity index (χ4v) is 3.56. The van der Waals surface area contributed by atoms with Gasteiger partial charge in [-0.25, -0.2) is 9.97 Å². The van der Waals surface area contributed by atoms with Crippen LogP contribution in [-0.2, 0) is 11.2 Å². The van der Waals surface area contributed by atoms with Crippen molar-refractivity contribution in [1.29, 1.82) is 0 Å². The molecule has 2 atom stereocenters. The van der Waals surface area contributed by atoms with E-state index in [4.69, 9.17) is 9.84 Å². The van der Waals surface area contributed by atoms with Crippen LogP contribution in [0.2, 0.25) is 0 Å². The van der Waals surface area contributed by atoms with E-state index < -0.39 is 5.97 Å². The molecule has 0 aliphatic heterocycles. The number of ether oxygens (including phenoxy) is 1. The molecule has 0 radical (unpaired) electrons. The van der Waals surface area contributed by atoms with Crippen LogP contribution in [0.4, 0.5) is 0 Å². The summed E-state index contributed by atoms with van der Waals surface area (Å²) < 4.78 is 6.36. The van der Waals surface area contributed by atoms with Crippen LogP contribution < -0.4 is 4.74 Å². The van der Waals surface area contributed by atoms with Gasteiger partial charge in [-0.3, -0.25) is 9.89 Å². The van der Waals surface area contributed by atoms with Gasteiger partial charge in [-0.1, -0.05) is 30.2 Å². The molecule has 32 heavy (non-hydrogen) atoms. The summed E-state index contributed by atoms with van der Waals surface area (Å²) in [5.74, 6) is 5.23. The van der Waals surface area contributed by atoms with Crippen molar-refractivity contribution in [3.05, 3.63) is 84.1 Å². The minimum Gasteiger partial charge on any atom is -0.485 e. The first kappa shape index (κ1) is 21.1. The van der Waals surface area contributed by atoms with Gasteiger partial charge in [0.25, 0.3) is 0 Å². The van der Waals surface area contributed by atoms with Crippen molar-refractivity contribution in [3.63, 3.8) is 0 Å². The molecule has 2 heterocycles. The Kier molecular flexibility index (Phi) is 6.42. The Bertz CT molecular complexity index is 1260. The summed E-state index contributed by atoms with van der Waals surface area (Å²) in [7, 11) is 0. The Labute approximate surface area is 185 Å². The number of rotatable bonds is 8. The molecule has 0 saturated heterocycles. The summed E-state index contributed by atoms with van der Waals surface area (Å²) in [4.78, 5) is 19.5. The second-order valence-corrected chi connectivity index (χ2v) is 7.34. The normalized spacial score (nSPS) is 12.5. The smallest absolute Gasteiger partial charge is 0.304 e. The van der Waals surface area contributed by atoms with Crippen molar-refractivity contribution < 1.29 is 14.6 Å². The Hall–Kier alpha value is -4.18. The van der Waals surface area contributed by atoms with E-state index >= 15 is 0 Å². The molecule has 7 heteroatoms. The van der Waals surface area contributed by atoms with E-state index in [1.807, 2.05) is 48.5 Å². The molecule has 0 aliphatic carbocycles. The number of benzene rings is 2. The Morgan fingerprint density at radius 3 is 2.69 bits per heavy atom. The van der Waals surface area contributed by atoms with Crippen LogP contribution >= 0.6 is 0 Å². The first-order chi connectivity index (χ1) is 15.6. The lowest BCUT2D eigenvalue weighted by atomic mass is 9.96. The fourth-order valence-electron chi connectivity index (χ4n) is 3.56. The SMILES string of the molecule is CC#CC(CC(=O)O)c1ccc(O[C@@H](Cc2ccncn2)c2ccc3cn[nH]c3c2)cc1. The average Bonchev–Trinajstić information content (AvgIpc) is 3.27. The number of hydrogen-bond acceptors (Lipinski definition) is 5. The molecule has 4 rings (SSSR count). The molecule has 1 unspecified atom stereocenters. The van der Waals surface area contributed by atoms with Crippen LogP contribution in [0.15, 0.2) is 67.3 Å². The summed E-state index contributed by atoms with van der Waals surface area (Å²) in [6, 6.07) is 15.4. The molecule has 7 nitrogen and oxygen atoms in total. The summed E-state index contributed by atoms with van der Waals surface area (Å²) in [6.07, 6.45) is 5.26. The van der Waals surface area contributed by atoms with E-state index in [1.165, 1.54) is 6.33 Å². The lowest BCUT2D eigenvalue weighted by Gasteiger charge is -2.20. The Balaban J connectivity index is 1.60. The molecule has 0 saturated carbocycles. The van der Waals surface area contributed by atoms with Gasteiger partial charge in [-0.2, -0.15) is 5.10 Å². The summed E-state index contributed by atoms with van der Waals surface area (Å²) in [6.45, 7) is 1.71. The summed E-state index contributed by atoms with van der Waals surface area (Å²) in [5.41, 5.74) is 3.64. The number of aromatic amines is 1. The first-order valence-electron chi connectivity index (χ1n) is 10.2. The van der Waals surface area contributed by atoms with Gasteiger partial charge in [0.15, 0.2) is 0 Å². The number of carboxylic acids is 1. The molecule has 2 aromatic carbocycles. The van der Waals surface area contributed by atoms with Gasteiger partial charge in [-0.05, 0) is 42.3 Å². The number of carboxylic acid groups (broad SMARTS) is 1. The van der Waals surface area contributed by atoms with E-state index in [0.717, 1.165) is 27.7 Å². The zero-order valence-corrected chi connectivity index (χ0v) is 17.5. The van der Waals surface area contributed by atoms with Gasteiger partial charge in [0.05, 0.1) is 24.1 Å². The van der Waals surface area contributed by atoms with Gasteiger partial charge in [0.1, 0.15) is 18.2 Å². The van der Waals surface area contributed by atoms with Crippen molar-refractivity contribution >= 4 is 16.9 Å². The van der Waals surface area contributed by atoms with Gasteiger partial charge in [0.2, 0.25) is 0 Å². The number of nitrogens with zero attached hydrogens (tertiary/aromatic N) is 3. The molecule has 2 N–H and O–H groups in total. The molecule has 2 aromatic heterocycles. The number of H-pyrrole nitrogens is 1. The predicted octanol–water partition coefficient (Wildman–Crippen LogP) is 4.30. The summed E-state index contributed by atoms with van der Waals surface area (Å²) >= 11 is 0. The van der Waals surface area contributed by atoms with Gasteiger partial charge in [0, 0.05) is 23.7 Å². The Morgan fingerprint density at radius 2 is 1.97 bits per heavy atom. The highest BCUT2D eigenvalue weighted by atomic mass is 16.5. The molecule has 0 fully saturated rings. The summed E-state index contributed by atoms with van der Waals surface area (Å²) in [5, 5.41) is 17.3. The van der Waals surface area contributed by atoms with Gasteiger partial charge >= 0.3 is 5.97 Å². The average molecular weight is 426 g/mol. The number of fused-ring (bicyclic) bond motifs is 1. The quantitative estimate of drug-likeness (QED) is 0.408. The minimum atomic E-state index is -0.878. The third kappa shape index (κ3) is 5.10. The lowest BCUT2D eigenvalue weighted by Crippen LogP contribution is -2.12. The molecule has 4 aromatic rings. The van der Waals surface area contributed by atoms with E-state index in [1.54, 1.807) is 19.3 Å². The number of aliphatic carboxylic acids is 1. The molecule has 0 aliphatic rings. The van der Waals surface area contributed by atoms with Crippen LogP contribution in [-0.4, -0.2) is 31.2 Å². The molecule has 0 spiro atoms. The van der Waals surface area contributed by atoms with E-state index in [2.05, 4.69) is 32.0 Å². The number of nitrogens with one attached hydrogen (secondary N) is 1. The minimum absolute atomic E-state index is 0.0401. The monoisotopic (exact) mass is 426 g/mol. The number of carbonyl (C=O) groups is 1. The topological polar surface area (TPSA) is 101 Å². The predicted molar refractivity (Wildman–Crippen MR) is 120 cm³/mol. The second-order valence-electron chi connectivity index (χ2n) is 7.34. The van der Waals surface area contributed by atoms with E-state index in [9.17, 15) is 4.79 Å². The number of aromatic nitrogens is 4. The zero-order chi connectivity index (χ0) is 22.3. The molecule has 160 valence electrons. The maximum atomic E-state index is 11.2. The highest BCUT2D eigenvalue weighted by molar-refractivity contribution is 5.78. The van der Waals surface area contributed by atoms with Crippen molar-refractivity contribution in [2.45, 2.75) is 31.8 Å². The fraction of sp³-hybridized carbons (Fsp3) is 0.200. The van der Waals surface area contributed by atoms with Crippen LogP contribution in [0.5, 0.6) is 5.75 Å². The maximum Gasteiger partial charge on any atom is 0.304 e. The first-order valence-corrected chi connectivity index (χ1v) is 10.2. The van der Waals surface area contributed by atoms with Crippen molar-refractivity contribution in [2.24, 2.45) is 0 Å². The zero-order valence-electron chi connectivity index (χ0n) is 17.5. The van der Waals surface area contributed by atoms with Crippen molar-refractivity contribution in [2.75, 3.05) is 0 Å². The highest BCUT2D eigenvalue weighted by Gasteiger charge is 2.18. The van der Waals surface area contributed by atoms with E-state index in [-0.39, 0.29) is 18.4 Å². The van der Waals surface area contributed by atoms with Gasteiger partial charge < -0.3 is 9.84 Å². The Morgan fingerprint density at radius 1 is 1.16 bits per heavy atom. The lowest BCUT2D eigenvalue weighted by molar-refractivity contribution is -0.137. The van der Waals surface area contributed by atoms with Crippen molar-refractivity contribution in [3.8, 4) is 17.6 Å².